The van der Waals surface area contributed by atoms with Crippen molar-refractivity contribution in [2.75, 3.05) is 26.2 Å². The summed E-state index contributed by atoms with van der Waals surface area (Å²) in [7, 11) is 0. The van der Waals surface area contributed by atoms with E-state index in [-0.39, 0.29) is 11.8 Å². The van der Waals surface area contributed by atoms with Gasteiger partial charge in [-0.15, -0.1) is 0 Å². The molecular formula is C9H17N3OS. The lowest BCUT2D eigenvalue weighted by Crippen LogP contribution is -2.38. The van der Waals surface area contributed by atoms with E-state index in [1.54, 1.807) is 0 Å². The molecule has 0 bridgehead atoms. The molecule has 1 saturated heterocycles. The molecule has 1 aliphatic rings. The van der Waals surface area contributed by atoms with Crippen molar-refractivity contribution in [2.45, 2.75) is 13.3 Å². The van der Waals surface area contributed by atoms with Gasteiger partial charge in [-0.1, -0.05) is 19.1 Å². The Balaban J connectivity index is 2.42. The summed E-state index contributed by atoms with van der Waals surface area (Å²) in [5.41, 5.74) is 5.53. The van der Waals surface area contributed by atoms with Gasteiger partial charge in [0.05, 0.1) is 11.5 Å². The first-order chi connectivity index (χ1) is 6.59. The van der Waals surface area contributed by atoms with E-state index in [1.165, 1.54) is 0 Å². The number of nitrogens with zero attached hydrogens (tertiary/aromatic N) is 1. The molecule has 3 N–H and O–H groups in total. The molecule has 5 heteroatoms. The van der Waals surface area contributed by atoms with Crippen LogP contribution in [0.25, 0.3) is 0 Å². The molecule has 4 nitrogen and oxygen atoms in total. The highest BCUT2D eigenvalue weighted by atomic mass is 32.1. The van der Waals surface area contributed by atoms with E-state index < -0.39 is 0 Å². The van der Waals surface area contributed by atoms with Crippen LogP contribution in [0.2, 0.25) is 0 Å². The van der Waals surface area contributed by atoms with Crippen molar-refractivity contribution in [3.8, 4) is 0 Å². The summed E-state index contributed by atoms with van der Waals surface area (Å²) in [5, 5.41) is 2.83. The van der Waals surface area contributed by atoms with Crippen molar-refractivity contribution in [3.05, 3.63) is 0 Å². The molecule has 1 heterocycles. The summed E-state index contributed by atoms with van der Waals surface area (Å²) >= 11 is 4.90. The third-order valence-electron chi connectivity index (χ3n) is 2.36. The Labute approximate surface area is 89.8 Å². The number of amides is 1. The molecule has 14 heavy (non-hydrogen) atoms. The largest absolute Gasteiger partial charge is 0.393 e. The number of hydrogen-bond acceptors (Lipinski definition) is 3. The Kier molecular flexibility index (Phi) is 4.28. The first-order valence-corrected chi connectivity index (χ1v) is 5.29. The summed E-state index contributed by atoms with van der Waals surface area (Å²) in [6, 6.07) is 0. The molecular weight excluding hydrogens is 198 g/mol. The molecule has 0 saturated carbocycles. The molecule has 0 aromatic carbocycles. The zero-order valence-electron chi connectivity index (χ0n) is 8.45. The van der Waals surface area contributed by atoms with Crippen molar-refractivity contribution < 1.29 is 4.79 Å². The molecule has 0 aromatic rings. The SMILES string of the molecule is CC(CN1CCCNC(=O)C1)C(N)=S. The van der Waals surface area contributed by atoms with Crippen LogP contribution in [0.15, 0.2) is 0 Å². The summed E-state index contributed by atoms with van der Waals surface area (Å²) in [4.78, 5) is 13.9. The van der Waals surface area contributed by atoms with E-state index >= 15 is 0 Å². The number of nitrogens with one attached hydrogen (secondary N) is 1. The van der Waals surface area contributed by atoms with Crippen LogP contribution in [0.1, 0.15) is 13.3 Å². The maximum Gasteiger partial charge on any atom is 0.234 e. The van der Waals surface area contributed by atoms with Gasteiger partial charge in [-0.25, -0.2) is 0 Å². The maximum atomic E-state index is 11.2. The number of carbonyl (C=O) groups is 1. The molecule has 1 atom stereocenters. The average Bonchev–Trinajstić information content (AvgIpc) is 2.29. The Morgan fingerprint density at radius 3 is 3.14 bits per heavy atom. The summed E-state index contributed by atoms with van der Waals surface area (Å²) in [6.07, 6.45) is 0.996. The van der Waals surface area contributed by atoms with Gasteiger partial charge in [0.1, 0.15) is 0 Å². The van der Waals surface area contributed by atoms with Gasteiger partial charge in [0.2, 0.25) is 5.91 Å². The van der Waals surface area contributed by atoms with Gasteiger partial charge in [0.25, 0.3) is 0 Å². The second kappa shape index (κ2) is 5.26. The molecule has 1 aliphatic heterocycles. The predicted octanol–water partition coefficient (Wildman–Crippen LogP) is -0.269. The van der Waals surface area contributed by atoms with E-state index in [0.717, 1.165) is 26.1 Å². The highest BCUT2D eigenvalue weighted by molar-refractivity contribution is 7.80. The topological polar surface area (TPSA) is 58.4 Å². The molecule has 0 radical (unpaired) electrons. The summed E-state index contributed by atoms with van der Waals surface area (Å²) < 4.78 is 0. The van der Waals surface area contributed by atoms with Crippen LogP contribution in [0.5, 0.6) is 0 Å². The van der Waals surface area contributed by atoms with Crippen molar-refractivity contribution in [1.82, 2.24) is 10.2 Å². The van der Waals surface area contributed by atoms with E-state index in [0.29, 0.717) is 11.5 Å². The van der Waals surface area contributed by atoms with E-state index in [9.17, 15) is 4.79 Å². The smallest absolute Gasteiger partial charge is 0.234 e. The van der Waals surface area contributed by atoms with Crippen molar-refractivity contribution in [2.24, 2.45) is 11.7 Å². The summed E-state index contributed by atoms with van der Waals surface area (Å²) in [6.45, 7) is 4.95. The molecule has 1 fully saturated rings. The number of rotatable bonds is 3. The van der Waals surface area contributed by atoms with Crippen LogP contribution in [0.3, 0.4) is 0 Å². The fourth-order valence-corrected chi connectivity index (χ4v) is 1.58. The lowest BCUT2D eigenvalue weighted by molar-refractivity contribution is -0.121. The Bertz CT molecular complexity index is 232. The van der Waals surface area contributed by atoms with Crippen molar-refractivity contribution in [1.29, 1.82) is 0 Å². The lowest BCUT2D eigenvalue weighted by atomic mass is 10.1. The third-order valence-corrected chi connectivity index (χ3v) is 2.76. The minimum absolute atomic E-state index is 0.0950. The molecule has 0 aromatic heterocycles. The number of carbonyl (C=O) groups excluding carboxylic acids is 1. The van der Waals surface area contributed by atoms with Gasteiger partial charge in [0.15, 0.2) is 0 Å². The normalized spacial score (nSPS) is 21.1. The number of thiocarbonyl (C=S) groups is 1. The van der Waals surface area contributed by atoms with Gasteiger partial charge in [-0.2, -0.15) is 0 Å². The van der Waals surface area contributed by atoms with Gasteiger partial charge < -0.3 is 11.1 Å². The standard InChI is InChI=1S/C9H17N3OS/c1-7(9(10)14)5-12-4-2-3-11-8(13)6-12/h7H,2-6H2,1H3,(H2,10,14)(H,11,13). The second-order valence-corrected chi connectivity index (χ2v) is 4.21. The van der Waals surface area contributed by atoms with Crippen LogP contribution >= 0.6 is 12.2 Å². The molecule has 1 rings (SSSR count). The minimum Gasteiger partial charge on any atom is -0.393 e. The maximum absolute atomic E-state index is 11.2. The first-order valence-electron chi connectivity index (χ1n) is 4.88. The highest BCUT2D eigenvalue weighted by Crippen LogP contribution is 2.03. The zero-order valence-corrected chi connectivity index (χ0v) is 9.27. The number of hydrogen-bond donors (Lipinski definition) is 2. The molecule has 0 spiro atoms. The monoisotopic (exact) mass is 215 g/mol. The third kappa shape index (κ3) is 3.59. The quantitative estimate of drug-likeness (QED) is 0.636. The molecule has 1 amide bonds. The van der Waals surface area contributed by atoms with Gasteiger partial charge in [-0.05, 0) is 6.42 Å². The van der Waals surface area contributed by atoms with Gasteiger partial charge >= 0.3 is 0 Å². The van der Waals surface area contributed by atoms with E-state index in [4.69, 9.17) is 18.0 Å². The fraction of sp³-hybridized carbons (Fsp3) is 0.778. The Morgan fingerprint density at radius 1 is 1.79 bits per heavy atom. The van der Waals surface area contributed by atoms with Gasteiger partial charge in [-0.3, -0.25) is 9.69 Å². The van der Waals surface area contributed by atoms with Crippen LogP contribution in [0.4, 0.5) is 0 Å². The first kappa shape index (κ1) is 11.4. The van der Waals surface area contributed by atoms with Crippen LogP contribution < -0.4 is 11.1 Å². The van der Waals surface area contributed by atoms with E-state index in [2.05, 4.69) is 10.2 Å². The molecule has 0 aliphatic carbocycles. The van der Waals surface area contributed by atoms with Crippen LogP contribution in [-0.4, -0.2) is 42.0 Å². The highest BCUT2D eigenvalue weighted by Gasteiger charge is 2.17. The Morgan fingerprint density at radius 2 is 2.50 bits per heavy atom. The molecule has 1 unspecified atom stereocenters. The predicted molar refractivity (Wildman–Crippen MR) is 60.0 cm³/mol. The lowest BCUT2D eigenvalue weighted by Gasteiger charge is -2.21. The minimum atomic E-state index is 0.0950. The number of nitrogens with two attached hydrogens (primary N) is 1. The summed E-state index contributed by atoms with van der Waals surface area (Å²) in [5.74, 6) is 0.272. The fourth-order valence-electron chi connectivity index (χ4n) is 1.50. The van der Waals surface area contributed by atoms with Crippen LogP contribution in [-0.2, 0) is 4.79 Å². The van der Waals surface area contributed by atoms with Crippen LogP contribution in [0, 0.1) is 5.92 Å². The van der Waals surface area contributed by atoms with Crippen molar-refractivity contribution in [3.63, 3.8) is 0 Å². The van der Waals surface area contributed by atoms with Crippen molar-refractivity contribution >= 4 is 23.1 Å². The van der Waals surface area contributed by atoms with E-state index in [1.807, 2.05) is 6.92 Å². The zero-order chi connectivity index (χ0) is 10.6. The molecule has 80 valence electrons. The second-order valence-electron chi connectivity index (χ2n) is 3.74. The van der Waals surface area contributed by atoms with Gasteiger partial charge in [0, 0.05) is 25.6 Å². The average molecular weight is 215 g/mol. The Hall–Kier alpha value is -0.680.